The Morgan fingerprint density at radius 3 is 2.78 bits per heavy atom. The summed E-state index contributed by atoms with van der Waals surface area (Å²) in [4.78, 5) is 49.9. The van der Waals surface area contributed by atoms with Gasteiger partial charge in [0.25, 0.3) is 11.8 Å². The number of alkyl halides is 2. The fourth-order valence-electron chi connectivity index (χ4n) is 3.59. The minimum absolute atomic E-state index is 0.0501. The van der Waals surface area contributed by atoms with Gasteiger partial charge in [-0.05, 0) is 35.7 Å². The normalized spacial score (nSPS) is 20.2. The van der Waals surface area contributed by atoms with Gasteiger partial charge in [0.05, 0.1) is 4.11 Å². The first-order chi connectivity index (χ1) is 16.3. The molecule has 1 fully saturated rings. The van der Waals surface area contributed by atoms with Crippen LogP contribution in [0, 0.1) is 0 Å². The number of rotatable bonds is 5. The van der Waals surface area contributed by atoms with Crippen LogP contribution >= 0.6 is 11.6 Å². The van der Waals surface area contributed by atoms with Gasteiger partial charge in [-0.1, -0.05) is 35.9 Å². The second kappa shape index (κ2) is 8.31. The zero-order valence-corrected chi connectivity index (χ0v) is 17.1. The van der Waals surface area contributed by atoms with Gasteiger partial charge >= 0.3 is 5.92 Å². The number of hydrogen-bond acceptors (Lipinski definition) is 4. The minimum atomic E-state index is -4.15. The molecule has 4 amide bonds. The van der Waals surface area contributed by atoms with E-state index in [1.165, 1.54) is 23.1 Å². The van der Waals surface area contributed by atoms with Gasteiger partial charge in [-0.15, -0.1) is 0 Å². The highest BCUT2D eigenvalue weighted by atomic mass is 35.5. The summed E-state index contributed by atoms with van der Waals surface area (Å²) in [5.74, 6) is -7.60. The van der Waals surface area contributed by atoms with Gasteiger partial charge in [0.2, 0.25) is 11.8 Å². The van der Waals surface area contributed by atoms with E-state index in [2.05, 4.69) is 5.32 Å². The topological polar surface area (TPSA) is 95.6 Å². The largest absolute Gasteiger partial charge is 0.349 e. The second-order valence-electron chi connectivity index (χ2n) is 7.35. The zero-order valence-electron chi connectivity index (χ0n) is 19.4. The van der Waals surface area contributed by atoms with Crippen molar-refractivity contribution in [2.24, 2.45) is 0 Å². The molecule has 0 spiro atoms. The van der Waals surface area contributed by atoms with Gasteiger partial charge in [-0.3, -0.25) is 24.5 Å². The standard InChI is InChI=1S/C22H18ClF2N3O4/c23-15-4-2-14(3-5-15)22(24,25)21(32)26-10-12-1-6-16-13(9-12)11-28(20(16)31)17-7-8-18(29)27-19(17)30/h1-6,9,17H,7-8,10-11H2,(H,26,32)(H,27,29,30)/i4D,10D2. The SMILES string of the molecule is [2H]c1cc(C(F)(F)C(=O)NC([2H])([2H])c2ccc3c(c2)CN(C2CCC(=O)NC2=O)C3=O)ccc1Cl. The highest BCUT2D eigenvalue weighted by Gasteiger charge is 2.41. The molecule has 2 aromatic carbocycles. The third-order valence-electron chi connectivity index (χ3n) is 5.27. The number of fused-ring (bicyclic) bond motifs is 1. The van der Waals surface area contributed by atoms with Crippen LogP contribution in [-0.2, 0) is 33.3 Å². The molecule has 2 aliphatic rings. The lowest BCUT2D eigenvalue weighted by atomic mass is 10.0. The van der Waals surface area contributed by atoms with Crippen LogP contribution < -0.4 is 10.6 Å². The van der Waals surface area contributed by atoms with E-state index in [-0.39, 0.29) is 35.5 Å². The van der Waals surface area contributed by atoms with E-state index < -0.39 is 53.7 Å². The molecule has 1 unspecified atom stereocenters. The summed E-state index contributed by atoms with van der Waals surface area (Å²) in [5.41, 5.74) is -0.455. The van der Waals surface area contributed by atoms with Gasteiger partial charge in [0.1, 0.15) is 6.04 Å². The number of nitrogens with one attached hydrogen (secondary N) is 2. The molecule has 2 N–H and O–H groups in total. The van der Waals surface area contributed by atoms with Gasteiger partial charge in [-0.2, -0.15) is 8.78 Å². The lowest BCUT2D eigenvalue weighted by Gasteiger charge is -2.29. The number of halogens is 3. The molecule has 1 saturated heterocycles. The summed E-state index contributed by atoms with van der Waals surface area (Å²) in [6.07, 6.45) is 0.216. The molecule has 0 radical (unpaired) electrons. The molecular formula is C22H18ClF2N3O4. The van der Waals surface area contributed by atoms with Crippen LogP contribution in [-0.4, -0.2) is 34.6 Å². The number of carbonyl (C=O) groups is 4. The zero-order chi connectivity index (χ0) is 25.7. The van der Waals surface area contributed by atoms with Crippen LogP contribution in [0.3, 0.4) is 0 Å². The molecule has 2 aromatic rings. The molecule has 0 aliphatic carbocycles. The first kappa shape index (κ1) is 18.3. The molecule has 32 heavy (non-hydrogen) atoms. The van der Waals surface area contributed by atoms with Crippen LogP contribution in [0.5, 0.6) is 0 Å². The third-order valence-corrected chi connectivity index (χ3v) is 5.50. The van der Waals surface area contributed by atoms with Crippen LogP contribution in [0.25, 0.3) is 0 Å². The van der Waals surface area contributed by atoms with Crippen molar-refractivity contribution in [1.82, 2.24) is 15.5 Å². The fourth-order valence-corrected chi connectivity index (χ4v) is 3.71. The van der Waals surface area contributed by atoms with Crippen molar-refractivity contribution in [2.75, 3.05) is 0 Å². The Hall–Kier alpha value is -3.33. The molecule has 2 heterocycles. The molecule has 1 atom stereocenters. The average Bonchev–Trinajstić information content (AvgIpc) is 3.11. The maximum atomic E-state index is 14.7. The van der Waals surface area contributed by atoms with E-state index in [0.717, 1.165) is 18.2 Å². The van der Waals surface area contributed by atoms with Crippen molar-refractivity contribution >= 4 is 35.2 Å². The smallest absolute Gasteiger partial charge is 0.346 e. The van der Waals surface area contributed by atoms with Crippen molar-refractivity contribution in [1.29, 1.82) is 0 Å². The summed E-state index contributed by atoms with van der Waals surface area (Å²) in [6, 6.07) is 5.11. The Kier molecular flexibility index (Phi) is 4.74. The van der Waals surface area contributed by atoms with Crippen molar-refractivity contribution in [3.8, 4) is 0 Å². The van der Waals surface area contributed by atoms with Crippen molar-refractivity contribution in [3.05, 3.63) is 69.7 Å². The van der Waals surface area contributed by atoms with E-state index in [4.69, 9.17) is 15.7 Å². The summed E-state index contributed by atoms with van der Waals surface area (Å²) >= 11 is 5.67. The summed E-state index contributed by atoms with van der Waals surface area (Å²) in [5, 5.41) is 3.78. The van der Waals surface area contributed by atoms with Crippen LogP contribution in [0.15, 0.2) is 42.4 Å². The Labute approximate surface area is 190 Å². The highest BCUT2D eigenvalue weighted by molar-refractivity contribution is 6.30. The molecule has 7 nitrogen and oxygen atoms in total. The van der Waals surface area contributed by atoms with Crippen LogP contribution in [0.2, 0.25) is 5.02 Å². The summed E-state index contributed by atoms with van der Waals surface area (Å²) in [6.45, 7) is -2.79. The van der Waals surface area contributed by atoms with Crippen LogP contribution in [0.4, 0.5) is 8.78 Å². The van der Waals surface area contributed by atoms with Gasteiger partial charge in [-0.25, -0.2) is 0 Å². The fraction of sp³-hybridized carbons (Fsp3) is 0.273. The van der Waals surface area contributed by atoms with Crippen molar-refractivity contribution in [2.45, 2.75) is 37.8 Å². The van der Waals surface area contributed by atoms with Crippen LogP contribution in [0.1, 0.15) is 44.0 Å². The molecule has 0 aromatic heterocycles. The second-order valence-corrected chi connectivity index (χ2v) is 7.76. The van der Waals surface area contributed by atoms with Crippen molar-refractivity contribution in [3.63, 3.8) is 0 Å². The van der Waals surface area contributed by atoms with E-state index in [1.807, 2.05) is 0 Å². The number of piperidine rings is 1. The number of carbonyl (C=O) groups excluding carboxylic acids is 4. The van der Waals surface area contributed by atoms with Gasteiger partial charge in [0, 0.05) is 35.6 Å². The van der Waals surface area contributed by atoms with E-state index >= 15 is 0 Å². The molecule has 10 heteroatoms. The quantitative estimate of drug-likeness (QED) is 0.665. The summed E-state index contributed by atoms with van der Waals surface area (Å²) < 4.78 is 53.3. The Morgan fingerprint density at radius 1 is 1.28 bits per heavy atom. The lowest BCUT2D eigenvalue weighted by Crippen LogP contribution is -2.52. The molecule has 0 saturated carbocycles. The molecule has 0 bridgehead atoms. The minimum Gasteiger partial charge on any atom is -0.346 e. The molecule has 2 aliphatic heterocycles. The van der Waals surface area contributed by atoms with E-state index in [0.29, 0.717) is 5.56 Å². The van der Waals surface area contributed by atoms with Crippen molar-refractivity contribution < 1.29 is 32.1 Å². The number of nitrogens with zero attached hydrogens (tertiary/aromatic N) is 1. The first-order valence-electron chi connectivity index (χ1n) is 11.1. The maximum absolute atomic E-state index is 14.7. The predicted octanol–water partition coefficient (Wildman–Crippen LogP) is 2.51. The molecule has 166 valence electrons. The Balaban J connectivity index is 1.54. The highest BCUT2D eigenvalue weighted by Crippen LogP contribution is 2.30. The summed E-state index contributed by atoms with van der Waals surface area (Å²) in [7, 11) is 0. The number of hydrogen-bond donors (Lipinski definition) is 2. The Bertz CT molecular complexity index is 1270. The first-order valence-corrected chi connectivity index (χ1v) is 9.94. The third kappa shape index (κ3) is 4.08. The average molecular weight is 465 g/mol. The number of amides is 4. The lowest BCUT2D eigenvalue weighted by molar-refractivity contribution is -0.147. The number of imide groups is 1. The monoisotopic (exact) mass is 464 g/mol. The van der Waals surface area contributed by atoms with E-state index in [1.54, 1.807) is 5.32 Å². The predicted molar refractivity (Wildman–Crippen MR) is 110 cm³/mol. The molecule has 4 rings (SSSR count). The molecular weight excluding hydrogens is 444 g/mol. The maximum Gasteiger partial charge on any atom is 0.349 e. The van der Waals surface area contributed by atoms with Gasteiger partial charge < -0.3 is 10.2 Å². The Morgan fingerprint density at radius 2 is 2.06 bits per heavy atom. The number of benzene rings is 2. The van der Waals surface area contributed by atoms with E-state index in [9.17, 15) is 28.0 Å². The van der Waals surface area contributed by atoms with Gasteiger partial charge in [0.15, 0.2) is 0 Å².